The Labute approximate surface area is 115 Å². The summed E-state index contributed by atoms with van der Waals surface area (Å²) in [6.07, 6.45) is 1.62. The van der Waals surface area contributed by atoms with Crippen molar-refractivity contribution >= 4 is 27.9 Å². The highest BCUT2D eigenvalue weighted by atomic mass is 32.2. The van der Waals surface area contributed by atoms with Crippen LogP contribution in [0.15, 0.2) is 18.2 Å². The fourth-order valence-corrected chi connectivity index (χ4v) is 1.91. The van der Waals surface area contributed by atoms with Crippen LogP contribution in [0.3, 0.4) is 0 Å². The molecule has 0 bridgehead atoms. The molecule has 2 unspecified atom stereocenters. The Morgan fingerprint density at radius 2 is 1.95 bits per heavy atom. The summed E-state index contributed by atoms with van der Waals surface area (Å²) in [7, 11) is -0.958. The van der Waals surface area contributed by atoms with Crippen molar-refractivity contribution in [2.24, 2.45) is 0 Å². The molecule has 0 fully saturated rings. The molecular weight excluding hydrogens is 266 g/mol. The van der Waals surface area contributed by atoms with Crippen LogP contribution in [0.2, 0.25) is 0 Å². The fourth-order valence-electron chi connectivity index (χ4n) is 1.59. The van der Waals surface area contributed by atoms with E-state index in [-0.39, 0.29) is 10.9 Å². The van der Waals surface area contributed by atoms with Crippen molar-refractivity contribution in [2.75, 3.05) is 30.0 Å². The zero-order chi connectivity index (χ0) is 14.4. The van der Waals surface area contributed by atoms with E-state index in [2.05, 4.69) is 10.6 Å². The number of hydrogen-bond acceptors (Lipinski definition) is 5. The Bertz CT molecular complexity index is 479. The quantitative estimate of drug-likeness (QED) is 0.592. The van der Waals surface area contributed by atoms with Gasteiger partial charge in [-0.2, -0.15) is 0 Å². The molecule has 0 radical (unpaired) electrons. The lowest BCUT2D eigenvalue weighted by Gasteiger charge is -2.13. The summed E-state index contributed by atoms with van der Waals surface area (Å²) < 4.78 is 11.3. The van der Waals surface area contributed by atoms with Crippen molar-refractivity contribution < 1.29 is 9.13 Å². The van der Waals surface area contributed by atoms with E-state index in [0.29, 0.717) is 24.5 Å². The number of para-hydroxylation sites is 1. The maximum absolute atomic E-state index is 11.3. The second-order valence-corrected chi connectivity index (χ2v) is 5.98. The van der Waals surface area contributed by atoms with Crippen LogP contribution in [0.25, 0.3) is 0 Å². The highest BCUT2D eigenvalue weighted by Gasteiger charge is 2.19. The number of anilines is 2. The molecule has 1 rings (SSSR count). The number of nitrogens with zero attached hydrogens (tertiary/aromatic N) is 1. The minimum Gasteiger partial charge on any atom is -0.380 e. The number of nitro benzene ring substituents is 1. The van der Waals surface area contributed by atoms with Gasteiger partial charge in [0.2, 0.25) is 0 Å². The molecule has 106 valence electrons. The van der Waals surface area contributed by atoms with Gasteiger partial charge in [-0.1, -0.05) is 6.07 Å². The van der Waals surface area contributed by atoms with Crippen LogP contribution in [0.1, 0.15) is 13.8 Å². The molecule has 0 aliphatic heterocycles. The maximum atomic E-state index is 11.3. The first-order chi connectivity index (χ1) is 8.97. The Hall–Kier alpha value is -1.63. The highest BCUT2D eigenvalue weighted by Crippen LogP contribution is 2.32. The summed E-state index contributed by atoms with van der Waals surface area (Å²) in [5, 5.41) is 17.1. The van der Waals surface area contributed by atoms with Crippen molar-refractivity contribution in [1.82, 2.24) is 0 Å². The molecule has 0 heterocycles. The third-order valence-electron chi connectivity index (χ3n) is 2.73. The highest BCUT2D eigenvalue weighted by molar-refractivity contribution is 7.84. The zero-order valence-electron chi connectivity index (χ0n) is 11.3. The summed E-state index contributed by atoms with van der Waals surface area (Å²) in [4.78, 5) is 10.8. The molecule has 0 spiro atoms. The van der Waals surface area contributed by atoms with Gasteiger partial charge in [0.15, 0.2) is 0 Å². The van der Waals surface area contributed by atoms with Gasteiger partial charge in [0, 0.05) is 35.4 Å². The van der Waals surface area contributed by atoms with E-state index in [1.54, 1.807) is 24.5 Å². The number of hydrogen-bond donors (Lipinski definition) is 2. The van der Waals surface area contributed by atoms with E-state index in [1.165, 1.54) is 0 Å². The van der Waals surface area contributed by atoms with Crippen LogP contribution in [-0.2, 0) is 10.8 Å². The van der Waals surface area contributed by atoms with Gasteiger partial charge in [0.25, 0.3) is 0 Å². The van der Waals surface area contributed by atoms with Gasteiger partial charge < -0.3 is 10.6 Å². The molecule has 19 heavy (non-hydrogen) atoms. The van der Waals surface area contributed by atoms with Crippen molar-refractivity contribution in [3.63, 3.8) is 0 Å². The largest absolute Gasteiger partial charge is 0.380 e. The summed E-state index contributed by atoms with van der Waals surface area (Å²) >= 11 is 0. The van der Waals surface area contributed by atoms with Crippen LogP contribution in [0, 0.1) is 10.1 Å². The van der Waals surface area contributed by atoms with Crippen LogP contribution >= 0.6 is 0 Å². The first-order valence-electron chi connectivity index (χ1n) is 6.04. The topological polar surface area (TPSA) is 84.3 Å². The molecule has 0 aromatic heterocycles. The van der Waals surface area contributed by atoms with Gasteiger partial charge >= 0.3 is 5.69 Å². The normalized spacial score (nSPS) is 13.6. The van der Waals surface area contributed by atoms with E-state index in [9.17, 15) is 14.3 Å². The third kappa shape index (κ3) is 4.20. The first-order valence-corrected chi connectivity index (χ1v) is 7.66. The average molecular weight is 285 g/mol. The standard InChI is InChI=1S/C12H19N3O3S/c1-4-13-10-6-5-7-11(12(10)15(16)17)14-8-9(2)19(3)18/h5-7,9,13-14H,4,8H2,1-3H3. The smallest absolute Gasteiger partial charge is 0.315 e. The minimum absolute atomic E-state index is 0.0263. The molecule has 0 saturated heterocycles. The van der Waals surface area contributed by atoms with Gasteiger partial charge in [-0.05, 0) is 26.0 Å². The lowest BCUT2D eigenvalue weighted by molar-refractivity contribution is -0.383. The second kappa shape index (κ2) is 7.08. The van der Waals surface area contributed by atoms with Crippen LogP contribution in [0.5, 0.6) is 0 Å². The Morgan fingerprint density at radius 3 is 2.42 bits per heavy atom. The van der Waals surface area contributed by atoms with E-state index in [1.807, 2.05) is 13.8 Å². The Balaban J connectivity index is 2.96. The first kappa shape index (κ1) is 15.4. The maximum Gasteiger partial charge on any atom is 0.315 e. The number of nitrogens with one attached hydrogen (secondary N) is 2. The summed E-state index contributed by atoms with van der Waals surface area (Å²) in [6.45, 7) is 4.76. The van der Waals surface area contributed by atoms with E-state index >= 15 is 0 Å². The van der Waals surface area contributed by atoms with Crippen LogP contribution < -0.4 is 10.6 Å². The van der Waals surface area contributed by atoms with E-state index in [4.69, 9.17) is 0 Å². The summed E-state index contributed by atoms with van der Waals surface area (Å²) in [5.74, 6) is 0. The monoisotopic (exact) mass is 285 g/mol. The van der Waals surface area contributed by atoms with Crippen molar-refractivity contribution in [2.45, 2.75) is 19.1 Å². The molecule has 0 amide bonds. The number of nitro groups is 1. The fraction of sp³-hybridized carbons (Fsp3) is 0.500. The van der Waals surface area contributed by atoms with Crippen LogP contribution in [0.4, 0.5) is 17.1 Å². The SMILES string of the molecule is CCNc1cccc(NCC(C)S(C)=O)c1[N+](=O)[O-]. The lowest BCUT2D eigenvalue weighted by atomic mass is 10.2. The molecule has 0 saturated carbocycles. The predicted molar refractivity (Wildman–Crippen MR) is 79.3 cm³/mol. The molecule has 7 heteroatoms. The van der Waals surface area contributed by atoms with Gasteiger partial charge in [0.1, 0.15) is 11.4 Å². The summed E-state index contributed by atoms with van der Waals surface area (Å²) in [5.41, 5.74) is 0.960. The third-order valence-corrected chi connectivity index (χ3v) is 4.03. The number of benzene rings is 1. The minimum atomic E-state index is -0.958. The molecule has 1 aromatic carbocycles. The molecule has 2 N–H and O–H groups in total. The van der Waals surface area contributed by atoms with Gasteiger partial charge in [-0.25, -0.2) is 0 Å². The van der Waals surface area contributed by atoms with Crippen molar-refractivity contribution in [3.05, 3.63) is 28.3 Å². The zero-order valence-corrected chi connectivity index (χ0v) is 12.1. The average Bonchev–Trinajstić information content (AvgIpc) is 2.35. The molecule has 6 nitrogen and oxygen atoms in total. The molecular formula is C12H19N3O3S. The molecule has 2 atom stereocenters. The van der Waals surface area contributed by atoms with Crippen LogP contribution in [-0.4, -0.2) is 33.7 Å². The van der Waals surface area contributed by atoms with Gasteiger partial charge in [-0.15, -0.1) is 0 Å². The van der Waals surface area contributed by atoms with Gasteiger partial charge in [-0.3, -0.25) is 14.3 Å². The lowest BCUT2D eigenvalue weighted by Crippen LogP contribution is -2.21. The predicted octanol–water partition coefficient (Wildman–Crippen LogP) is 2.21. The van der Waals surface area contributed by atoms with Crippen molar-refractivity contribution in [3.8, 4) is 0 Å². The number of rotatable bonds is 7. The Kier molecular flexibility index (Phi) is 5.75. The van der Waals surface area contributed by atoms with E-state index < -0.39 is 15.7 Å². The second-order valence-electron chi connectivity index (χ2n) is 4.18. The van der Waals surface area contributed by atoms with E-state index in [0.717, 1.165) is 0 Å². The van der Waals surface area contributed by atoms with Crippen molar-refractivity contribution in [1.29, 1.82) is 0 Å². The Morgan fingerprint density at radius 1 is 1.37 bits per heavy atom. The van der Waals surface area contributed by atoms with Gasteiger partial charge in [0.05, 0.1) is 4.92 Å². The molecule has 1 aromatic rings. The molecule has 0 aliphatic carbocycles. The summed E-state index contributed by atoms with van der Waals surface area (Å²) in [6, 6.07) is 5.08. The molecule has 0 aliphatic rings.